The van der Waals surface area contributed by atoms with Crippen LogP contribution in [-0.2, 0) is 14.3 Å². The van der Waals surface area contributed by atoms with Crippen LogP contribution in [0.3, 0.4) is 0 Å². The van der Waals surface area contributed by atoms with Crippen LogP contribution >= 0.6 is 0 Å². The highest BCUT2D eigenvalue weighted by Gasteiger charge is 2.27. The molecule has 16 heavy (non-hydrogen) atoms. The summed E-state index contributed by atoms with van der Waals surface area (Å²) in [4.78, 5) is 10.8. The zero-order valence-corrected chi connectivity index (χ0v) is 10.1. The van der Waals surface area contributed by atoms with Gasteiger partial charge in [0, 0.05) is 12.5 Å². The first-order valence-electron chi connectivity index (χ1n) is 5.94. The second kappa shape index (κ2) is 6.66. The van der Waals surface area contributed by atoms with Gasteiger partial charge in [-0.2, -0.15) is 0 Å². The highest BCUT2D eigenvalue weighted by atomic mass is 16.5. The number of carbonyl (C=O) groups is 1. The molecule has 92 valence electrons. The van der Waals surface area contributed by atoms with Crippen LogP contribution in [0.4, 0.5) is 0 Å². The van der Waals surface area contributed by atoms with Gasteiger partial charge < -0.3 is 14.0 Å². The van der Waals surface area contributed by atoms with E-state index < -0.39 is 0 Å². The Morgan fingerprint density at radius 3 is 2.75 bits per heavy atom. The highest BCUT2D eigenvalue weighted by Crippen LogP contribution is 2.11. The maximum absolute atomic E-state index is 10.8. The summed E-state index contributed by atoms with van der Waals surface area (Å²) < 4.78 is 11.4. The molecule has 1 heterocycles. The molecule has 1 rings (SSSR count). The van der Waals surface area contributed by atoms with E-state index in [0.717, 1.165) is 50.3 Å². The van der Waals surface area contributed by atoms with Gasteiger partial charge in [0.05, 0.1) is 32.9 Å². The summed E-state index contributed by atoms with van der Waals surface area (Å²) in [5.74, 6) is -0.329. The molecule has 0 aromatic carbocycles. The summed E-state index contributed by atoms with van der Waals surface area (Å²) in [7, 11) is 0. The summed E-state index contributed by atoms with van der Waals surface area (Å²) in [5.41, 5.74) is 0. The van der Waals surface area contributed by atoms with Crippen molar-refractivity contribution in [3.05, 3.63) is 12.7 Å². The van der Waals surface area contributed by atoms with Crippen molar-refractivity contribution >= 4 is 5.97 Å². The topological polar surface area (TPSA) is 35.5 Å². The van der Waals surface area contributed by atoms with Gasteiger partial charge in [-0.3, -0.25) is 0 Å². The molecular formula is C12H22NO3+. The van der Waals surface area contributed by atoms with Crippen LogP contribution in [-0.4, -0.2) is 56.5 Å². The van der Waals surface area contributed by atoms with Crippen molar-refractivity contribution in [2.75, 3.05) is 46.0 Å². The predicted molar refractivity (Wildman–Crippen MR) is 62.0 cm³/mol. The fourth-order valence-corrected chi connectivity index (χ4v) is 2.06. The first kappa shape index (κ1) is 13.2. The SMILES string of the molecule is C=CC(=O)OCCC[N+]1(CC)CCOCC1. The third-order valence-corrected chi connectivity index (χ3v) is 3.28. The molecule has 0 aromatic heterocycles. The number of likely N-dealkylation sites (N-methyl/N-ethyl adjacent to an activating group) is 1. The average Bonchev–Trinajstić information content (AvgIpc) is 2.35. The van der Waals surface area contributed by atoms with Gasteiger partial charge in [-0.1, -0.05) is 6.58 Å². The van der Waals surface area contributed by atoms with Gasteiger partial charge >= 0.3 is 5.97 Å². The largest absolute Gasteiger partial charge is 0.462 e. The summed E-state index contributed by atoms with van der Waals surface area (Å²) in [6.45, 7) is 12.1. The van der Waals surface area contributed by atoms with E-state index in [4.69, 9.17) is 9.47 Å². The number of esters is 1. The lowest BCUT2D eigenvalue weighted by molar-refractivity contribution is -0.933. The van der Waals surface area contributed by atoms with E-state index in [2.05, 4.69) is 13.5 Å². The van der Waals surface area contributed by atoms with E-state index in [0.29, 0.717) is 6.61 Å². The normalized spacial score (nSPS) is 19.1. The van der Waals surface area contributed by atoms with Crippen LogP contribution in [0, 0.1) is 0 Å². The number of quaternary nitrogens is 1. The fourth-order valence-electron chi connectivity index (χ4n) is 2.06. The lowest BCUT2D eigenvalue weighted by Crippen LogP contribution is -2.55. The van der Waals surface area contributed by atoms with Crippen molar-refractivity contribution in [1.82, 2.24) is 0 Å². The smallest absolute Gasteiger partial charge is 0.330 e. The van der Waals surface area contributed by atoms with Gasteiger partial charge in [0.1, 0.15) is 13.1 Å². The van der Waals surface area contributed by atoms with Crippen molar-refractivity contribution < 1.29 is 18.8 Å². The molecule has 1 aliphatic heterocycles. The predicted octanol–water partition coefficient (Wildman–Crippen LogP) is 0.973. The van der Waals surface area contributed by atoms with Crippen molar-refractivity contribution in [3.63, 3.8) is 0 Å². The van der Waals surface area contributed by atoms with Crippen LogP contribution in [0.5, 0.6) is 0 Å². The third kappa shape index (κ3) is 3.94. The Labute approximate surface area is 97.4 Å². The Balaban J connectivity index is 2.23. The minimum Gasteiger partial charge on any atom is -0.462 e. The first-order valence-corrected chi connectivity index (χ1v) is 5.94. The summed E-state index contributed by atoms with van der Waals surface area (Å²) >= 11 is 0. The highest BCUT2D eigenvalue weighted by molar-refractivity contribution is 5.81. The van der Waals surface area contributed by atoms with Crippen LogP contribution in [0.15, 0.2) is 12.7 Å². The zero-order valence-electron chi connectivity index (χ0n) is 10.1. The molecule has 4 nitrogen and oxygen atoms in total. The summed E-state index contributed by atoms with van der Waals surface area (Å²) in [6.07, 6.45) is 2.12. The molecule has 1 fully saturated rings. The lowest BCUT2D eigenvalue weighted by atomic mass is 10.2. The molecule has 1 saturated heterocycles. The van der Waals surface area contributed by atoms with Crippen LogP contribution in [0.25, 0.3) is 0 Å². The molecule has 0 amide bonds. The second-order valence-electron chi connectivity index (χ2n) is 4.17. The Morgan fingerprint density at radius 1 is 1.50 bits per heavy atom. The van der Waals surface area contributed by atoms with Gasteiger partial charge in [0.25, 0.3) is 0 Å². The number of nitrogens with zero attached hydrogens (tertiary/aromatic N) is 1. The maximum atomic E-state index is 10.8. The Bertz CT molecular complexity index is 234. The van der Waals surface area contributed by atoms with Gasteiger partial charge in [-0.25, -0.2) is 4.79 Å². The fraction of sp³-hybridized carbons (Fsp3) is 0.750. The molecule has 0 unspecified atom stereocenters. The van der Waals surface area contributed by atoms with E-state index in [-0.39, 0.29) is 5.97 Å². The van der Waals surface area contributed by atoms with Gasteiger partial charge in [-0.15, -0.1) is 0 Å². The Kier molecular flexibility index (Phi) is 5.49. The van der Waals surface area contributed by atoms with Crippen molar-refractivity contribution in [2.45, 2.75) is 13.3 Å². The molecule has 0 aliphatic carbocycles. The first-order chi connectivity index (χ1) is 7.72. The molecule has 0 bridgehead atoms. The number of carbonyl (C=O) groups excluding carboxylic acids is 1. The molecule has 1 aliphatic rings. The van der Waals surface area contributed by atoms with E-state index in [9.17, 15) is 4.79 Å². The number of hydrogen-bond donors (Lipinski definition) is 0. The third-order valence-electron chi connectivity index (χ3n) is 3.28. The van der Waals surface area contributed by atoms with Crippen LogP contribution in [0.2, 0.25) is 0 Å². The summed E-state index contributed by atoms with van der Waals surface area (Å²) in [5, 5.41) is 0. The van der Waals surface area contributed by atoms with Gasteiger partial charge in [0.15, 0.2) is 0 Å². The Hall–Kier alpha value is -0.870. The number of hydrogen-bond acceptors (Lipinski definition) is 3. The van der Waals surface area contributed by atoms with E-state index in [1.165, 1.54) is 6.08 Å². The lowest BCUT2D eigenvalue weighted by Gasteiger charge is -2.40. The van der Waals surface area contributed by atoms with Crippen LogP contribution < -0.4 is 0 Å². The molecule has 0 saturated carbocycles. The number of morpholine rings is 1. The van der Waals surface area contributed by atoms with Crippen molar-refractivity contribution in [1.29, 1.82) is 0 Å². The minimum atomic E-state index is -0.329. The molecule has 0 radical (unpaired) electrons. The van der Waals surface area contributed by atoms with Crippen LogP contribution in [0.1, 0.15) is 13.3 Å². The molecule has 0 N–H and O–H groups in total. The summed E-state index contributed by atoms with van der Waals surface area (Å²) in [6, 6.07) is 0. The average molecular weight is 228 g/mol. The van der Waals surface area contributed by atoms with E-state index in [1.807, 2.05) is 0 Å². The Morgan fingerprint density at radius 2 is 2.19 bits per heavy atom. The standard InChI is InChI=1S/C12H22NO3/c1-3-12(14)16-9-5-6-13(4-2)7-10-15-11-8-13/h3H,1,4-11H2,2H3/q+1. The number of rotatable bonds is 6. The monoisotopic (exact) mass is 228 g/mol. The maximum Gasteiger partial charge on any atom is 0.330 e. The molecule has 4 heteroatoms. The zero-order chi connectivity index (χ0) is 11.9. The number of ether oxygens (including phenoxy) is 2. The van der Waals surface area contributed by atoms with Gasteiger partial charge in [-0.05, 0) is 6.92 Å². The van der Waals surface area contributed by atoms with E-state index >= 15 is 0 Å². The van der Waals surface area contributed by atoms with Crippen molar-refractivity contribution in [3.8, 4) is 0 Å². The molecule has 0 aromatic rings. The molecule has 0 atom stereocenters. The molecule has 0 spiro atoms. The minimum absolute atomic E-state index is 0.329. The van der Waals surface area contributed by atoms with E-state index in [1.54, 1.807) is 0 Å². The van der Waals surface area contributed by atoms with Gasteiger partial charge in [0.2, 0.25) is 0 Å². The molecular weight excluding hydrogens is 206 g/mol. The quantitative estimate of drug-likeness (QED) is 0.294. The van der Waals surface area contributed by atoms with Crippen molar-refractivity contribution in [2.24, 2.45) is 0 Å². The second-order valence-corrected chi connectivity index (χ2v) is 4.17.